The lowest BCUT2D eigenvalue weighted by Crippen LogP contribution is -2.11. The van der Waals surface area contributed by atoms with Gasteiger partial charge in [0.25, 0.3) is 5.91 Å². The van der Waals surface area contributed by atoms with Crippen molar-refractivity contribution in [2.45, 2.75) is 24.5 Å². The number of benzene rings is 4. The molecule has 0 spiro atoms. The lowest BCUT2D eigenvalue weighted by atomic mass is 10.1. The van der Waals surface area contributed by atoms with Gasteiger partial charge in [-0.25, -0.2) is 13.4 Å². The highest BCUT2D eigenvalue weighted by Crippen LogP contribution is 2.38. The molecule has 0 saturated carbocycles. The SMILES string of the molecule is Cc1ccc(-c2nc(-c3ccc(CS(=O)(=O)c4ccc(C)cc4)cc3)sc2NC(=O)c2ccc(Br)cc2)cc1. The van der Waals surface area contributed by atoms with Crippen LogP contribution < -0.4 is 5.32 Å². The summed E-state index contributed by atoms with van der Waals surface area (Å²) in [4.78, 5) is 18.2. The third-order valence-corrected chi connectivity index (χ3v) is 9.48. The van der Waals surface area contributed by atoms with Crippen LogP contribution in [0.1, 0.15) is 27.0 Å². The number of aromatic nitrogens is 1. The van der Waals surface area contributed by atoms with Gasteiger partial charge in [-0.2, -0.15) is 0 Å². The predicted octanol–water partition coefficient (Wildman–Crippen LogP) is 8.08. The molecule has 1 N–H and O–H groups in total. The molecule has 0 fully saturated rings. The number of rotatable bonds is 7. The maximum absolute atomic E-state index is 13.0. The molecular formula is C31H25BrN2O3S2. The molecule has 0 bridgehead atoms. The molecule has 0 atom stereocenters. The number of aryl methyl sites for hydroxylation is 2. The smallest absolute Gasteiger partial charge is 0.256 e. The van der Waals surface area contributed by atoms with Crippen LogP contribution in [-0.4, -0.2) is 19.3 Å². The second kappa shape index (κ2) is 11.3. The fraction of sp³-hybridized carbons (Fsp3) is 0.0968. The van der Waals surface area contributed by atoms with Gasteiger partial charge in [0, 0.05) is 21.2 Å². The van der Waals surface area contributed by atoms with E-state index in [2.05, 4.69) is 21.2 Å². The van der Waals surface area contributed by atoms with Gasteiger partial charge in [-0.1, -0.05) is 99.1 Å². The van der Waals surface area contributed by atoms with Crippen molar-refractivity contribution < 1.29 is 13.2 Å². The number of halogens is 1. The van der Waals surface area contributed by atoms with E-state index in [4.69, 9.17) is 4.98 Å². The van der Waals surface area contributed by atoms with E-state index in [0.717, 1.165) is 31.7 Å². The Morgan fingerprint density at radius 2 is 1.36 bits per heavy atom. The zero-order valence-corrected chi connectivity index (χ0v) is 24.5. The zero-order chi connectivity index (χ0) is 27.6. The van der Waals surface area contributed by atoms with Gasteiger partial charge in [0.1, 0.15) is 15.7 Å². The summed E-state index contributed by atoms with van der Waals surface area (Å²) in [7, 11) is -3.46. The van der Waals surface area contributed by atoms with Crippen LogP contribution in [0, 0.1) is 13.8 Å². The number of anilines is 1. The number of thiazole rings is 1. The molecule has 1 heterocycles. The molecule has 5 aromatic rings. The average molecular weight is 618 g/mol. The number of hydrogen-bond donors (Lipinski definition) is 1. The highest BCUT2D eigenvalue weighted by atomic mass is 79.9. The number of amides is 1. The van der Waals surface area contributed by atoms with E-state index in [1.807, 2.05) is 74.5 Å². The molecule has 0 aliphatic carbocycles. The van der Waals surface area contributed by atoms with Gasteiger partial charge in [0.15, 0.2) is 9.84 Å². The standard InChI is InChI=1S/C31H25BrN2O3S2/c1-20-3-9-23(10-4-20)28-31(34-29(35)24-13-15-26(32)16-14-24)38-30(33-28)25-11-7-22(8-12-25)19-39(36,37)27-17-5-21(2)6-18-27/h3-18H,19H2,1-2H3,(H,34,35). The van der Waals surface area contributed by atoms with Gasteiger partial charge in [0.2, 0.25) is 0 Å². The van der Waals surface area contributed by atoms with Crippen molar-refractivity contribution in [1.82, 2.24) is 4.98 Å². The Labute approximate surface area is 240 Å². The highest BCUT2D eigenvalue weighted by Gasteiger charge is 2.19. The minimum Gasteiger partial charge on any atom is -0.312 e. The number of nitrogens with one attached hydrogen (secondary N) is 1. The summed E-state index contributed by atoms with van der Waals surface area (Å²) in [6, 6.07) is 29.4. The van der Waals surface area contributed by atoms with Gasteiger partial charge in [-0.05, 0) is 55.8 Å². The molecule has 0 aliphatic rings. The largest absolute Gasteiger partial charge is 0.312 e. The number of sulfone groups is 1. The summed E-state index contributed by atoms with van der Waals surface area (Å²) in [6.45, 7) is 3.95. The summed E-state index contributed by atoms with van der Waals surface area (Å²) >= 11 is 4.79. The minimum atomic E-state index is -3.46. The fourth-order valence-electron chi connectivity index (χ4n) is 4.00. The molecule has 0 saturated heterocycles. The maximum Gasteiger partial charge on any atom is 0.256 e. The Balaban J connectivity index is 1.43. The number of carbonyl (C=O) groups is 1. The Morgan fingerprint density at radius 3 is 1.97 bits per heavy atom. The molecule has 8 heteroatoms. The van der Waals surface area contributed by atoms with Crippen LogP contribution in [0.5, 0.6) is 0 Å². The van der Waals surface area contributed by atoms with Crippen molar-refractivity contribution in [3.8, 4) is 21.8 Å². The van der Waals surface area contributed by atoms with Crippen LogP contribution in [0.4, 0.5) is 5.00 Å². The molecule has 5 nitrogen and oxygen atoms in total. The van der Waals surface area contributed by atoms with Gasteiger partial charge in [-0.15, -0.1) is 0 Å². The van der Waals surface area contributed by atoms with Crippen LogP contribution in [0.15, 0.2) is 106 Å². The second-order valence-corrected chi connectivity index (χ2v) is 13.2. The maximum atomic E-state index is 13.0. The van der Waals surface area contributed by atoms with Crippen LogP contribution in [-0.2, 0) is 15.6 Å². The Hall–Kier alpha value is -3.59. The van der Waals surface area contributed by atoms with Crippen molar-refractivity contribution in [2.24, 2.45) is 0 Å². The molecule has 4 aromatic carbocycles. The Bertz CT molecular complexity index is 1730. The lowest BCUT2D eigenvalue weighted by molar-refractivity contribution is 0.102. The van der Waals surface area contributed by atoms with E-state index in [1.54, 1.807) is 36.4 Å². The van der Waals surface area contributed by atoms with Crippen LogP contribution in [0.3, 0.4) is 0 Å². The quantitative estimate of drug-likeness (QED) is 0.200. The molecule has 5 rings (SSSR count). The van der Waals surface area contributed by atoms with Crippen molar-refractivity contribution in [3.63, 3.8) is 0 Å². The summed E-state index contributed by atoms with van der Waals surface area (Å²) in [5.74, 6) is -0.306. The lowest BCUT2D eigenvalue weighted by Gasteiger charge is -2.06. The van der Waals surface area contributed by atoms with Crippen molar-refractivity contribution >= 4 is 48.0 Å². The topological polar surface area (TPSA) is 76.1 Å². The van der Waals surface area contributed by atoms with Gasteiger partial charge in [0.05, 0.1) is 10.6 Å². The first-order valence-electron chi connectivity index (χ1n) is 12.2. The molecule has 1 aromatic heterocycles. The first kappa shape index (κ1) is 27.0. The van der Waals surface area contributed by atoms with E-state index >= 15 is 0 Å². The number of carbonyl (C=O) groups excluding carboxylic acids is 1. The molecule has 39 heavy (non-hydrogen) atoms. The summed E-state index contributed by atoms with van der Waals surface area (Å²) in [5.41, 5.74) is 5.81. The van der Waals surface area contributed by atoms with E-state index in [9.17, 15) is 13.2 Å². The molecular weight excluding hydrogens is 592 g/mol. The van der Waals surface area contributed by atoms with Crippen molar-refractivity contribution in [1.29, 1.82) is 0 Å². The Kier molecular flexibility index (Phi) is 7.79. The molecule has 1 amide bonds. The van der Waals surface area contributed by atoms with Crippen LogP contribution in [0.2, 0.25) is 0 Å². The first-order valence-corrected chi connectivity index (χ1v) is 15.5. The van der Waals surface area contributed by atoms with Gasteiger partial charge in [-0.3, -0.25) is 4.79 Å². The van der Waals surface area contributed by atoms with E-state index in [-0.39, 0.29) is 11.7 Å². The molecule has 196 valence electrons. The summed E-state index contributed by atoms with van der Waals surface area (Å²) in [6.07, 6.45) is 0. The predicted molar refractivity (Wildman–Crippen MR) is 162 cm³/mol. The first-order chi connectivity index (χ1) is 18.7. The number of nitrogens with zero attached hydrogens (tertiary/aromatic N) is 1. The number of hydrogen-bond acceptors (Lipinski definition) is 5. The minimum absolute atomic E-state index is 0.0860. The second-order valence-electron chi connectivity index (χ2n) is 9.29. The third-order valence-electron chi connectivity index (χ3n) is 6.22. The highest BCUT2D eigenvalue weighted by molar-refractivity contribution is 9.10. The van der Waals surface area contributed by atoms with Gasteiger partial charge < -0.3 is 5.32 Å². The van der Waals surface area contributed by atoms with E-state index < -0.39 is 9.84 Å². The van der Waals surface area contributed by atoms with Gasteiger partial charge >= 0.3 is 0 Å². The van der Waals surface area contributed by atoms with Crippen molar-refractivity contribution in [2.75, 3.05) is 5.32 Å². The third kappa shape index (κ3) is 6.36. The summed E-state index contributed by atoms with van der Waals surface area (Å²) in [5, 5.41) is 4.41. The molecule has 0 aliphatic heterocycles. The van der Waals surface area contributed by atoms with E-state index in [1.165, 1.54) is 11.3 Å². The van der Waals surface area contributed by atoms with Crippen LogP contribution >= 0.6 is 27.3 Å². The Morgan fingerprint density at radius 1 is 0.795 bits per heavy atom. The normalized spacial score (nSPS) is 11.4. The summed E-state index contributed by atoms with van der Waals surface area (Å²) < 4.78 is 26.7. The molecule has 0 unspecified atom stereocenters. The monoisotopic (exact) mass is 616 g/mol. The fourth-order valence-corrected chi connectivity index (χ4v) is 6.61. The zero-order valence-electron chi connectivity index (χ0n) is 21.3. The van der Waals surface area contributed by atoms with Crippen molar-refractivity contribution in [3.05, 3.63) is 124 Å². The van der Waals surface area contributed by atoms with Crippen LogP contribution in [0.25, 0.3) is 21.8 Å². The molecule has 0 radical (unpaired) electrons. The van der Waals surface area contributed by atoms with E-state index in [0.29, 0.717) is 26.7 Å². The average Bonchev–Trinajstić information content (AvgIpc) is 3.33.